The number of hydrogen-bond acceptors (Lipinski definition) is 5. The van der Waals surface area contributed by atoms with E-state index >= 15 is 0 Å². The van der Waals surface area contributed by atoms with Gasteiger partial charge in [-0.25, -0.2) is 0 Å². The van der Waals surface area contributed by atoms with Crippen molar-refractivity contribution in [2.24, 2.45) is 17.3 Å². The van der Waals surface area contributed by atoms with Crippen molar-refractivity contribution in [2.75, 3.05) is 27.3 Å². The third-order valence-corrected chi connectivity index (χ3v) is 10.1. The minimum atomic E-state index is -0.569. The Morgan fingerprint density at radius 2 is 1.89 bits per heavy atom. The van der Waals surface area contributed by atoms with Crippen molar-refractivity contribution in [1.29, 1.82) is 0 Å². The van der Waals surface area contributed by atoms with E-state index < -0.39 is 6.10 Å². The molecule has 4 aliphatic rings. The highest BCUT2D eigenvalue weighted by molar-refractivity contribution is 6.04. The van der Waals surface area contributed by atoms with Gasteiger partial charge in [0, 0.05) is 19.7 Å². The maximum absolute atomic E-state index is 12.1. The normalized spacial score (nSPS) is 33.4. The lowest BCUT2D eigenvalue weighted by Crippen LogP contribution is -2.48. The molecule has 0 radical (unpaired) electrons. The van der Waals surface area contributed by atoms with Crippen molar-refractivity contribution in [3.05, 3.63) is 29.3 Å². The van der Waals surface area contributed by atoms with Gasteiger partial charge >= 0.3 is 0 Å². The van der Waals surface area contributed by atoms with Gasteiger partial charge in [-0.05, 0) is 104 Å². The molecule has 5 unspecified atom stereocenters. The Hall–Kier alpha value is -1.92. The number of unbranched alkanes of at least 4 members (excludes halogenated alkanes) is 3. The Bertz CT molecular complexity index is 964. The van der Waals surface area contributed by atoms with E-state index in [1.165, 1.54) is 56.1 Å². The molecule has 3 aliphatic carbocycles. The van der Waals surface area contributed by atoms with Gasteiger partial charge in [-0.1, -0.05) is 25.8 Å². The standard InChI is InChI=1S/C30H44N2O4/c1-30-15-14-23-22-11-9-21(35-2)18-20(22)8-10-24(23)25(30)12-13-27(30)31-16-6-4-5-7-17-32-28(33)19-26(36-3)29(32)34/h9,11,18,23-27,31H,4-8,10,12-17,19H2,1-3H3/t23?,24?,25?,26?,27?,30-/m0/s1. The average Bonchev–Trinajstić information content (AvgIpc) is 3.37. The number of fused-ring (bicyclic) bond motifs is 5. The van der Waals surface area contributed by atoms with Crippen LogP contribution in [0, 0.1) is 17.3 Å². The molecule has 3 fully saturated rings. The summed E-state index contributed by atoms with van der Waals surface area (Å²) in [4.78, 5) is 25.5. The number of nitrogens with one attached hydrogen (secondary N) is 1. The van der Waals surface area contributed by atoms with Gasteiger partial charge in [-0.2, -0.15) is 0 Å². The molecular weight excluding hydrogens is 452 g/mol. The molecular formula is C30H44N2O4. The predicted molar refractivity (Wildman–Crippen MR) is 140 cm³/mol. The number of nitrogens with zero attached hydrogens (tertiary/aromatic N) is 1. The third kappa shape index (κ3) is 4.71. The van der Waals surface area contributed by atoms with E-state index in [0.29, 0.717) is 18.0 Å². The van der Waals surface area contributed by atoms with Gasteiger partial charge in [-0.15, -0.1) is 0 Å². The Morgan fingerprint density at radius 1 is 1.06 bits per heavy atom. The van der Waals surface area contributed by atoms with Gasteiger partial charge in [0.05, 0.1) is 13.5 Å². The predicted octanol–water partition coefficient (Wildman–Crippen LogP) is 4.84. The number of methoxy groups -OCH3 is 2. The largest absolute Gasteiger partial charge is 0.497 e. The lowest BCUT2D eigenvalue weighted by Gasteiger charge is -2.51. The van der Waals surface area contributed by atoms with Crippen LogP contribution in [-0.4, -0.2) is 56.2 Å². The second-order valence-corrected chi connectivity index (χ2v) is 11.8. The second-order valence-electron chi connectivity index (χ2n) is 11.8. The van der Waals surface area contributed by atoms with Crippen molar-refractivity contribution < 1.29 is 19.1 Å². The molecule has 1 aliphatic heterocycles. The molecule has 0 spiro atoms. The highest BCUT2D eigenvalue weighted by Gasteiger charge is 2.54. The number of ether oxygens (including phenoxy) is 2. The Kier molecular flexibility index (Phi) is 7.73. The zero-order chi connectivity index (χ0) is 25.3. The van der Waals surface area contributed by atoms with E-state index in [4.69, 9.17) is 9.47 Å². The summed E-state index contributed by atoms with van der Waals surface area (Å²) in [6.07, 6.45) is 11.7. The van der Waals surface area contributed by atoms with Crippen molar-refractivity contribution in [3.63, 3.8) is 0 Å². The number of hydrogen-bond donors (Lipinski definition) is 1. The fraction of sp³-hybridized carbons (Fsp3) is 0.733. The summed E-state index contributed by atoms with van der Waals surface area (Å²) in [5, 5.41) is 3.96. The molecule has 1 aromatic rings. The van der Waals surface area contributed by atoms with Crippen LogP contribution in [0.15, 0.2) is 18.2 Å². The molecule has 1 N–H and O–H groups in total. The van der Waals surface area contributed by atoms with Crippen LogP contribution in [0.3, 0.4) is 0 Å². The summed E-state index contributed by atoms with van der Waals surface area (Å²) in [5.74, 6) is 3.12. The minimum Gasteiger partial charge on any atom is -0.497 e. The van der Waals surface area contributed by atoms with E-state index in [2.05, 4.69) is 30.4 Å². The second kappa shape index (κ2) is 10.8. The smallest absolute Gasteiger partial charge is 0.258 e. The van der Waals surface area contributed by atoms with E-state index in [-0.39, 0.29) is 18.2 Å². The number of imide groups is 1. The van der Waals surface area contributed by atoms with Crippen molar-refractivity contribution in [3.8, 4) is 5.75 Å². The van der Waals surface area contributed by atoms with Crippen molar-refractivity contribution in [1.82, 2.24) is 10.2 Å². The van der Waals surface area contributed by atoms with Gasteiger partial charge in [0.15, 0.2) is 0 Å². The number of benzene rings is 1. The third-order valence-electron chi connectivity index (χ3n) is 10.1. The summed E-state index contributed by atoms with van der Waals surface area (Å²) in [5.41, 5.74) is 3.53. The lowest BCUT2D eigenvalue weighted by molar-refractivity contribution is -0.141. The minimum absolute atomic E-state index is 0.0894. The first-order valence-electron chi connectivity index (χ1n) is 14.2. The van der Waals surface area contributed by atoms with Crippen LogP contribution >= 0.6 is 0 Å². The first kappa shape index (κ1) is 25.7. The van der Waals surface area contributed by atoms with Gasteiger partial charge in [0.2, 0.25) is 5.91 Å². The van der Waals surface area contributed by atoms with Gasteiger partial charge in [-0.3, -0.25) is 14.5 Å². The molecule has 1 heterocycles. The number of likely N-dealkylation sites (tertiary alicyclic amines) is 1. The van der Waals surface area contributed by atoms with Crippen molar-refractivity contribution in [2.45, 2.75) is 95.6 Å². The van der Waals surface area contributed by atoms with Gasteiger partial charge in [0.1, 0.15) is 11.9 Å². The molecule has 6 atom stereocenters. The molecule has 0 aromatic heterocycles. The number of carbonyl (C=O) groups is 2. The number of aryl methyl sites for hydroxylation is 1. The van der Waals surface area contributed by atoms with Crippen LogP contribution in [0.2, 0.25) is 0 Å². The maximum Gasteiger partial charge on any atom is 0.258 e. The number of amides is 2. The molecule has 36 heavy (non-hydrogen) atoms. The van der Waals surface area contributed by atoms with Crippen LogP contribution in [0.25, 0.3) is 0 Å². The highest BCUT2D eigenvalue weighted by atomic mass is 16.5. The first-order chi connectivity index (χ1) is 17.5. The molecule has 1 saturated heterocycles. The van der Waals surface area contributed by atoms with Crippen LogP contribution in [-0.2, 0) is 20.7 Å². The van der Waals surface area contributed by atoms with Gasteiger partial charge in [0.25, 0.3) is 5.91 Å². The van der Waals surface area contributed by atoms with Gasteiger partial charge < -0.3 is 14.8 Å². The topological polar surface area (TPSA) is 67.9 Å². The summed E-state index contributed by atoms with van der Waals surface area (Å²) in [7, 11) is 3.26. The Labute approximate surface area is 216 Å². The fourth-order valence-corrected chi connectivity index (χ4v) is 8.12. The zero-order valence-electron chi connectivity index (χ0n) is 22.4. The summed E-state index contributed by atoms with van der Waals surface area (Å²) in [6, 6.07) is 7.41. The fourth-order valence-electron chi connectivity index (χ4n) is 8.12. The molecule has 0 bridgehead atoms. The molecule has 2 saturated carbocycles. The first-order valence-corrected chi connectivity index (χ1v) is 14.2. The highest BCUT2D eigenvalue weighted by Crippen LogP contribution is 2.61. The molecule has 6 nitrogen and oxygen atoms in total. The van der Waals surface area contributed by atoms with E-state index in [1.807, 2.05) is 0 Å². The van der Waals surface area contributed by atoms with Crippen LogP contribution < -0.4 is 10.1 Å². The van der Waals surface area contributed by atoms with E-state index in [0.717, 1.165) is 55.7 Å². The van der Waals surface area contributed by atoms with Crippen LogP contribution in [0.5, 0.6) is 5.75 Å². The maximum atomic E-state index is 12.1. The summed E-state index contributed by atoms with van der Waals surface area (Å²) in [6.45, 7) is 4.17. The molecule has 5 rings (SSSR count). The van der Waals surface area contributed by atoms with Crippen LogP contribution in [0.4, 0.5) is 0 Å². The average molecular weight is 497 g/mol. The molecule has 1 aromatic carbocycles. The Morgan fingerprint density at radius 3 is 2.67 bits per heavy atom. The number of carbonyl (C=O) groups excluding carboxylic acids is 2. The molecule has 2 amide bonds. The number of rotatable bonds is 10. The monoisotopic (exact) mass is 496 g/mol. The zero-order valence-corrected chi connectivity index (χ0v) is 22.4. The molecule has 198 valence electrons. The quantitative estimate of drug-likeness (QED) is 0.371. The summed E-state index contributed by atoms with van der Waals surface area (Å²) >= 11 is 0. The van der Waals surface area contributed by atoms with E-state index in [9.17, 15) is 9.59 Å². The molecule has 6 heteroatoms. The lowest BCUT2D eigenvalue weighted by atomic mass is 9.55. The summed E-state index contributed by atoms with van der Waals surface area (Å²) < 4.78 is 10.6. The van der Waals surface area contributed by atoms with Crippen molar-refractivity contribution >= 4 is 11.8 Å². The SMILES string of the molecule is COc1ccc2c(c1)CCC1C2CC[C@]2(C)C(NCCCCCCN3C(=O)CC(OC)C3=O)CCC12. The van der Waals surface area contributed by atoms with Crippen LogP contribution in [0.1, 0.15) is 88.2 Å². The van der Waals surface area contributed by atoms with E-state index in [1.54, 1.807) is 12.7 Å². The Balaban J connectivity index is 1.06.